The van der Waals surface area contributed by atoms with Crippen LogP contribution in [-0.4, -0.2) is 41.5 Å². The molecule has 0 aliphatic heterocycles. The number of carbonyl (C=O) groups is 1. The Morgan fingerprint density at radius 2 is 1.93 bits per heavy atom. The molecule has 150 valence electrons. The van der Waals surface area contributed by atoms with E-state index in [1.165, 1.54) is 11.8 Å². The van der Waals surface area contributed by atoms with E-state index in [1.54, 1.807) is 22.9 Å². The first-order valence-corrected chi connectivity index (χ1v) is 10.2. The van der Waals surface area contributed by atoms with Crippen LogP contribution in [0.4, 0.5) is 5.69 Å². The van der Waals surface area contributed by atoms with Gasteiger partial charge in [0, 0.05) is 26.3 Å². The molecule has 3 rings (SSSR count). The molecule has 1 heterocycles. The molecule has 7 nitrogen and oxygen atoms in total. The number of hydrogen-bond acceptors (Lipinski definition) is 6. The maximum atomic E-state index is 12.6. The molecule has 8 heteroatoms. The second-order valence-electron chi connectivity index (χ2n) is 6.53. The van der Waals surface area contributed by atoms with Crippen LogP contribution in [0, 0.1) is 0 Å². The lowest BCUT2D eigenvalue weighted by Crippen LogP contribution is -2.24. The zero-order valence-electron chi connectivity index (χ0n) is 16.6. The Morgan fingerprint density at radius 1 is 1.21 bits per heavy atom. The van der Waals surface area contributed by atoms with Gasteiger partial charge in [-0.05, 0) is 36.8 Å². The number of amides is 1. The largest absolute Gasteiger partial charge is 0.378 e. The van der Waals surface area contributed by atoms with Crippen molar-refractivity contribution >= 4 is 40.5 Å². The van der Waals surface area contributed by atoms with Crippen LogP contribution in [0.2, 0.25) is 0 Å². The average molecular weight is 410 g/mol. The molecule has 0 unspecified atom stereocenters. The summed E-state index contributed by atoms with van der Waals surface area (Å²) in [7, 11) is 3.95. The Morgan fingerprint density at radius 3 is 2.62 bits per heavy atom. The van der Waals surface area contributed by atoms with Crippen molar-refractivity contribution in [2.24, 2.45) is 5.10 Å². The number of fused-ring (bicyclic) bond motifs is 1. The molecule has 29 heavy (non-hydrogen) atoms. The molecular formula is C21H23N5O2S. The summed E-state index contributed by atoms with van der Waals surface area (Å²) in [6.07, 6.45) is 1.60. The first-order chi connectivity index (χ1) is 14.0. The molecule has 0 aliphatic carbocycles. The normalized spacial score (nSPS) is 11.1. The van der Waals surface area contributed by atoms with Crippen LogP contribution in [-0.2, 0) is 11.3 Å². The lowest BCUT2D eigenvalue weighted by atomic mass is 10.2. The van der Waals surface area contributed by atoms with Crippen molar-refractivity contribution in [2.75, 3.05) is 24.7 Å². The fourth-order valence-corrected chi connectivity index (χ4v) is 3.59. The number of hydrogen-bond donors (Lipinski definition) is 1. The van der Waals surface area contributed by atoms with Gasteiger partial charge in [-0.1, -0.05) is 36.0 Å². The minimum atomic E-state index is -0.263. The average Bonchev–Trinajstić information content (AvgIpc) is 2.73. The first kappa shape index (κ1) is 20.6. The fraction of sp³-hybridized carbons (Fsp3) is 0.238. The van der Waals surface area contributed by atoms with Crippen molar-refractivity contribution < 1.29 is 4.79 Å². The van der Waals surface area contributed by atoms with E-state index < -0.39 is 0 Å². The van der Waals surface area contributed by atoms with Crippen LogP contribution in [0.25, 0.3) is 10.9 Å². The van der Waals surface area contributed by atoms with Gasteiger partial charge >= 0.3 is 0 Å². The summed E-state index contributed by atoms with van der Waals surface area (Å²) in [6, 6.07) is 15.0. The number of para-hydroxylation sites is 1. The summed E-state index contributed by atoms with van der Waals surface area (Å²) < 4.78 is 1.58. The van der Waals surface area contributed by atoms with Crippen molar-refractivity contribution in [1.82, 2.24) is 15.0 Å². The second-order valence-corrected chi connectivity index (χ2v) is 7.47. The predicted octanol–water partition coefficient (Wildman–Crippen LogP) is 2.72. The highest BCUT2D eigenvalue weighted by molar-refractivity contribution is 7.99. The first-order valence-electron chi connectivity index (χ1n) is 9.21. The molecule has 3 aromatic rings. The number of rotatable bonds is 7. The lowest BCUT2D eigenvalue weighted by Gasteiger charge is -2.11. The number of nitrogens with zero attached hydrogens (tertiary/aromatic N) is 4. The molecule has 1 amide bonds. The van der Waals surface area contributed by atoms with E-state index in [0.29, 0.717) is 22.6 Å². The van der Waals surface area contributed by atoms with Gasteiger partial charge < -0.3 is 4.90 Å². The van der Waals surface area contributed by atoms with Crippen molar-refractivity contribution in [2.45, 2.75) is 18.6 Å². The van der Waals surface area contributed by atoms with E-state index in [1.807, 2.05) is 62.3 Å². The highest BCUT2D eigenvalue weighted by atomic mass is 32.2. The minimum absolute atomic E-state index is 0.0970. The van der Waals surface area contributed by atoms with Crippen molar-refractivity contribution in [3.05, 3.63) is 64.4 Å². The Bertz CT molecular complexity index is 1090. The highest BCUT2D eigenvalue weighted by Crippen LogP contribution is 2.17. The molecule has 0 atom stereocenters. The van der Waals surface area contributed by atoms with Gasteiger partial charge in [-0.3, -0.25) is 14.2 Å². The molecule has 0 fully saturated rings. The number of benzene rings is 2. The SMILES string of the molecule is CCn1c(SCC(=O)N/N=C/c2ccc(N(C)C)cc2)nc2ccccc2c1=O. The zero-order chi connectivity index (χ0) is 20.8. The molecule has 0 saturated heterocycles. The summed E-state index contributed by atoms with van der Waals surface area (Å²) >= 11 is 1.22. The molecule has 0 saturated carbocycles. The Hall–Kier alpha value is -3.13. The monoisotopic (exact) mass is 409 g/mol. The van der Waals surface area contributed by atoms with Gasteiger partial charge in [-0.25, -0.2) is 10.4 Å². The molecule has 0 bridgehead atoms. The molecular weight excluding hydrogens is 386 g/mol. The Labute approximate surface area is 173 Å². The molecule has 2 aromatic carbocycles. The minimum Gasteiger partial charge on any atom is -0.378 e. The number of carbonyl (C=O) groups excluding carboxylic acids is 1. The van der Waals surface area contributed by atoms with Crippen LogP contribution in [0.3, 0.4) is 0 Å². The van der Waals surface area contributed by atoms with Crippen LogP contribution in [0.5, 0.6) is 0 Å². The van der Waals surface area contributed by atoms with Gasteiger partial charge in [-0.2, -0.15) is 5.10 Å². The maximum absolute atomic E-state index is 12.6. The standard InChI is InChI=1S/C21H23N5O2S/c1-4-26-20(28)17-7-5-6-8-18(17)23-21(26)29-14-19(27)24-22-13-15-9-11-16(12-10-15)25(2)3/h5-13H,4,14H2,1-3H3,(H,24,27)/b22-13+. The zero-order valence-corrected chi connectivity index (χ0v) is 17.4. The van der Waals surface area contributed by atoms with Crippen molar-refractivity contribution in [3.63, 3.8) is 0 Å². The van der Waals surface area contributed by atoms with Crippen LogP contribution in [0.1, 0.15) is 12.5 Å². The lowest BCUT2D eigenvalue weighted by molar-refractivity contribution is -0.118. The van der Waals surface area contributed by atoms with Gasteiger partial charge in [0.1, 0.15) is 0 Å². The maximum Gasteiger partial charge on any atom is 0.262 e. The number of nitrogens with one attached hydrogen (secondary N) is 1. The quantitative estimate of drug-likeness (QED) is 0.281. The van der Waals surface area contributed by atoms with E-state index in [2.05, 4.69) is 15.5 Å². The summed E-state index contributed by atoms with van der Waals surface area (Å²) in [4.78, 5) is 31.3. The summed E-state index contributed by atoms with van der Waals surface area (Å²) in [5.41, 5.74) is 5.02. The topological polar surface area (TPSA) is 79.6 Å². The third-order valence-electron chi connectivity index (χ3n) is 4.29. The predicted molar refractivity (Wildman–Crippen MR) is 119 cm³/mol. The van der Waals surface area contributed by atoms with Crippen molar-refractivity contribution in [1.29, 1.82) is 0 Å². The number of anilines is 1. The van der Waals surface area contributed by atoms with E-state index in [-0.39, 0.29) is 17.2 Å². The van der Waals surface area contributed by atoms with E-state index >= 15 is 0 Å². The van der Waals surface area contributed by atoms with E-state index in [4.69, 9.17) is 0 Å². The van der Waals surface area contributed by atoms with Gasteiger partial charge in [0.05, 0.1) is 22.9 Å². The van der Waals surface area contributed by atoms with Gasteiger partial charge in [-0.15, -0.1) is 0 Å². The smallest absolute Gasteiger partial charge is 0.262 e. The molecule has 0 spiro atoms. The molecule has 0 radical (unpaired) electrons. The molecule has 1 N–H and O–H groups in total. The number of thioether (sulfide) groups is 1. The third kappa shape index (κ3) is 5.03. The Kier molecular flexibility index (Phi) is 6.66. The van der Waals surface area contributed by atoms with E-state index in [9.17, 15) is 9.59 Å². The highest BCUT2D eigenvalue weighted by Gasteiger charge is 2.11. The molecule has 1 aromatic heterocycles. The third-order valence-corrected chi connectivity index (χ3v) is 5.26. The Balaban J connectivity index is 1.62. The second kappa shape index (κ2) is 9.38. The van der Waals surface area contributed by atoms with Crippen LogP contribution in [0.15, 0.2) is 63.6 Å². The fourth-order valence-electron chi connectivity index (χ4n) is 2.74. The van der Waals surface area contributed by atoms with Crippen molar-refractivity contribution in [3.8, 4) is 0 Å². The summed E-state index contributed by atoms with van der Waals surface area (Å²) in [5.74, 6) is -0.150. The number of hydrazone groups is 1. The summed E-state index contributed by atoms with van der Waals surface area (Å²) in [6.45, 7) is 2.37. The summed E-state index contributed by atoms with van der Waals surface area (Å²) in [5, 5.41) is 5.10. The van der Waals surface area contributed by atoms with E-state index in [0.717, 1.165) is 11.3 Å². The molecule has 0 aliphatic rings. The van der Waals surface area contributed by atoms with Crippen LogP contribution < -0.4 is 15.9 Å². The van der Waals surface area contributed by atoms with Gasteiger partial charge in [0.25, 0.3) is 11.5 Å². The van der Waals surface area contributed by atoms with Gasteiger partial charge in [0.2, 0.25) is 0 Å². The van der Waals surface area contributed by atoms with Gasteiger partial charge in [0.15, 0.2) is 5.16 Å². The number of aromatic nitrogens is 2. The van der Waals surface area contributed by atoms with Crippen LogP contribution >= 0.6 is 11.8 Å².